The molecule has 1 atom stereocenters. The fraction of sp³-hybridized carbons (Fsp3) is 0.833. The van der Waals surface area contributed by atoms with E-state index in [2.05, 4.69) is 10.6 Å². The quantitative estimate of drug-likeness (QED) is 0.602. The lowest BCUT2D eigenvalue weighted by molar-refractivity contribution is -0.139. The van der Waals surface area contributed by atoms with E-state index in [9.17, 15) is 22.8 Å². The summed E-state index contributed by atoms with van der Waals surface area (Å²) in [5.74, 6) is -1.03. The topological polar surface area (TPSA) is 78.4 Å². The molecule has 20 heavy (non-hydrogen) atoms. The third-order valence-electron chi connectivity index (χ3n) is 2.48. The average molecular weight is 298 g/mol. The number of carbonyl (C=O) groups excluding carboxylic acids is 1. The van der Waals surface area contributed by atoms with E-state index in [1.54, 1.807) is 0 Å². The second kappa shape index (κ2) is 8.65. The van der Waals surface area contributed by atoms with E-state index in [1.165, 1.54) is 0 Å². The molecule has 0 aliphatic heterocycles. The van der Waals surface area contributed by atoms with Crippen LogP contribution in [0.1, 0.15) is 39.5 Å². The number of aliphatic carboxylic acids is 1. The molecule has 0 saturated heterocycles. The number of halogens is 3. The molecule has 0 saturated carbocycles. The SMILES string of the molecule is CC(C)C[C@H](NC(=O)NCCCCC(F)(F)F)C(=O)O. The molecular formula is C12H21F3N2O3. The molecule has 0 bridgehead atoms. The first-order valence-electron chi connectivity index (χ1n) is 6.45. The number of rotatable bonds is 8. The summed E-state index contributed by atoms with van der Waals surface area (Å²) in [7, 11) is 0. The Morgan fingerprint density at radius 3 is 2.25 bits per heavy atom. The maximum Gasteiger partial charge on any atom is 0.389 e. The molecule has 5 nitrogen and oxygen atoms in total. The lowest BCUT2D eigenvalue weighted by atomic mass is 10.0. The van der Waals surface area contributed by atoms with Crippen molar-refractivity contribution in [1.82, 2.24) is 10.6 Å². The van der Waals surface area contributed by atoms with Gasteiger partial charge in [0.2, 0.25) is 0 Å². The van der Waals surface area contributed by atoms with Crippen molar-refractivity contribution in [3.63, 3.8) is 0 Å². The van der Waals surface area contributed by atoms with E-state index in [0.717, 1.165) is 0 Å². The van der Waals surface area contributed by atoms with Gasteiger partial charge in [-0.25, -0.2) is 9.59 Å². The summed E-state index contributed by atoms with van der Waals surface area (Å²) in [5.41, 5.74) is 0. The highest BCUT2D eigenvalue weighted by Crippen LogP contribution is 2.21. The number of urea groups is 1. The number of carbonyl (C=O) groups is 2. The van der Waals surface area contributed by atoms with Crippen LogP contribution in [0.5, 0.6) is 0 Å². The summed E-state index contributed by atoms with van der Waals surface area (Å²) < 4.78 is 35.6. The van der Waals surface area contributed by atoms with Crippen LogP contribution in [0.2, 0.25) is 0 Å². The minimum atomic E-state index is -4.19. The first-order chi connectivity index (χ1) is 9.11. The van der Waals surface area contributed by atoms with Crippen LogP contribution in [0, 0.1) is 5.92 Å². The molecule has 0 fully saturated rings. The fourth-order valence-electron chi connectivity index (χ4n) is 1.55. The van der Waals surface area contributed by atoms with Gasteiger partial charge in [-0.1, -0.05) is 13.8 Å². The van der Waals surface area contributed by atoms with Gasteiger partial charge in [0.05, 0.1) is 0 Å². The summed E-state index contributed by atoms with van der Waals surface area (Å²) in [6.07, 6.45) is -4.67. The first-order valence-corrected chi connectivity index (χ1v) is 6.45. The van der Waals surface area contributed by atoms with Crippen molar-refractivity contribution < 1.29 is 27.9 Å². The molecular weight excluding hydrogens is 277 g/mol. The Morgan fingerprint density at radius 1 is 1.20 bits per heavy atom. The Labute approximate surface area is 115 Å². The van der Waals surface area contributed by atoms with Gasteiger partial charge in [0.1, 0.15) is 6.04 Å². The van der Waals surface area contributed by atoms with Gasteiger partial charge in [0.15, 0.2) is 0 Å². The van der Waals surface area contributed by atoms with Crippen molar-refractivity contribution in [3.05, 3.63) is 0 Å². The second-order valence-corrected chi connectivity index (χ2v) is 4.99. The summed E-state index contributed by atoms with van der Waals surface area (Å²) >= 11 is 0. The number of amides is 2. The van der Waals surface area contributed by atoms with Crippen LogP contribution in [0.15, 0.2) is 0 Å². The number of unbranched alkanes of at least 4 members (excludes halogenated alkanes) is 1. The Bertz CT molecular complexity index is 320. The van der Waals surface area contributed by atoms with Gasteiger partial charge in [0, 0.05) is 13.0 Å². The highest BCUT2D eigenvalue weighted by atomic mass is 19.4. The molecule has 0 radical (unpaired) electrons. The Balaban J connectivity index is 3.88. The Hall–Kier alpha value is -1.47. The van der Waals surface area contributed by atoms with Crippen LogP contribution in [-0.2, 0) is 4.79 Å². The molecule has 0 rings (SSSR count). The van der Waals surface area contributed by atoms with Gasteiger partial charge in [0.25, 0.3) is 0 Å². The standard InChI is InChI=1S/C12H21F3N2O3/c1-8(2)7-9(10(18)19)17-11(20)16-6-4-3-5-12(13,14)15/h8-9H,3-7H2,1-2H3,(H,18,19)(H2,16,17,20)/t9-/m0/s1. The highest BCUT2D eigenvalue weighted by Gasteiger charge is 2.26. The minimum Gasteiger partial charge on any atom is -0.480 e. The largest absolute Gasteiger partial charge is 0.480 e. The monoisotopic (exact) mass is 298 g/mol. The third-order valence-corrected chi connectivity index (χ3v) is 2.48. The van der Waals surface area contributed by atoms with E-state index >= 15 is 0 Å². The summed E-state index contributed by atoms with van der Waals surface area (Å²) in [4.78, 5) is 22.3. The lowest BCUT2D eigenvalue weighted by Gasteiger charge is -2.16. The van der Waals surface area contributed by atoms with Crippen LogP contribution >= 0.6 is 0 Å². The number of alkyl halides is 3. The second-order valence-electron chi connectivity index (χ2n) is 4.99. The van der Waals surface area contributed by atoms with Crippen molar-refractivity contribution >= 4 is 12.0 Å². The van der Waals surface area contributed by atoms with Gasteiger partial charge in [-0.05, 0) is 25.2 Å². The molecule has 3 N–H and O–H groups in total. The predicted molar refractivity (Wildman–Crippen MR) is 67.3 cm³/mol. The zero-order chi connectivity index (χ0) is 15.8. The predicted octanol–water partition coefficient (Wildman–Crippen LogP) is 2.52. The van der Waals surface area contributed by atoms with E-state index < -0.39 is 30.6 Å². The average Bonchev–Trinajstić information content (AvgIpc) is 2.25. The van der Waals surface area contributed by atoms with E-state index in [-0.39, 0.29) is 31.7 Å². The van der Waals surface area contributed by atoms with Gasteiger partial charge in [-0.3, -0.25) is 0 Å². The molecule has 0 aromatic heterocycles. The smallest absolute Gasteiger partial charge is 0.389 e. The van der Waals surface area contributed by atoms with Gasteiger partial charge in [-0.15, -0.1) is 0 Å². The molecule has 0 aliphatic carbocycles. The minimum absolute atomic E-state index is 0.0713. The maximum atomic E-state index is 11.9. The summed E-state index contributed by atoms with van der Waals surface area (Å²) in [5, 5.41) is 13.5. The van der Waals surface area contributed by atoms with Crippen molar-refractivity contribution in [2.45, 2.75) is 51.7 Å². The van der Waals surface area contributed by atoms with E-state index in [1.807, 2.05) is 13.8 Å². The Morgan fingerprint density at radius 2 is 1.80 bits per heavy atom. The highest BCUT2D eigenvalue weighted by molar-refractivity contribution is 5.82. The molecule has 0 aromatic rings. The van der Waals surface area contributed by atoms with Crippen molar-refractivity contribution in [2.24, 2.45) is 5.92 Å². The van der Waals surface area contributed by atoms with Crippen LogP contribution in [0.3, 0.4) is 0 Å². The zero-order valence-electron chi connectivity index (χ0n) is 11.6. The van der Waals surface area contributed by atoms with Crippen molar-refractivity contribution in [2.75, 3.05) is 6.54 Å². The maximum absolute atomic E-state index is 11.9. The normalized spacial score (nSPS) is 13.1. The number of carboxylic acids is 1. The molecule has 0 spiro atoms. The van der Waals surface area contributed by atoms with Crippen molar-refractivity contribution in [3.8, 4) is 0 Å². The van der Waals surface area contributed by atoms with Crippen LogP contribution < -0.4 is 10.6 Å². The van der Waals surface area contributed by atoms with Gasteiger partial charge in [-0.2, -0.15) is 13.2 Å². The number of hydrogen-bond acceptors (Lipinski definition) is 2. The number of carboxylic acid groups (broad SMARTS) is 1. The summed E-state index contributed by atoms with van der Waals surface area (Å²) in [6.45, 7) is 3.73. The first kappa shape index (κ1) is 18.5. The molecule has 0 aliphatic rings. The number of hydrogen-bond donors (Lipinski definition) is 3. The van der Waals surface area contributed by atoms with Gasteiger partial charge < -0.3 is 15.7 Å². The number of nitrogens with one attached hydrogen (secondary N) is 2. The molecule has 0 aromatic carbocycles. The van der Waals surface area contributed by atoms with Crippen LogP contribution in [0.25, 0.3) is 0 Å². The molecule has 118 valence electrons. The summed E-state index contributed by atoms with van der Waals surface area (Å²) in [6, 6.07) is -1.67. The van der Waals surface area contributed by atoms with Crippen LogP contribution in [-0.4, -0.2) is 35.9 Å². The van der Waals surface area contributed by atoms with E-state index in [0.29, 0.717) is 0 Å². The van der Waals surface area contributed by atoms with Crippen molar-refractivity contribution in [1.29, 1.82) is 0 Å². The molecule has 0 heterocycles. The Kier molecular flexibility index (Phi) is 8.02. The fourth-order valence-corrected chi connectivity index (χ4v) is 1.55. The zero-order valence-corrected chi connectivity index (χ0v) is 11.6. The van der Waals surface area contributed by atoms with E-state index in [4.69, 9.17) is 5.11 Å². The molecule has 0 unspecified atom stereocenters. The third kappa shape index (κ3) is 10.5. The van der Waals surface area contributed by atoms with Crippen LogP contribution in [0.4, 0.5) is 18.0 Å². The lowest BCUT2D eigenvalue weighted by Crippen LogP contribution is -2.46. The molecule has 8 heteroatoms. The molecule has 2 amide bonds. The van der Waals surface area contributed by atoms with Gasteiger partial charge >= 0.3 is 18.2 Å².